The highest BCUT2D eigenvalue weighted by molar-refractivity contribution is 5.97. The molecule has 3 aromatic rings. The molecule has 1 fully saturated rings. The van der Waals surface area contributed by atoms with Gasteiger partial charge in [0, 0.05) is 69.7 Å². The molecule has 4 rings (SSSR count). The molecule has 8 amide bonds. The summed E-state index contributed by atoms with van der Waals surface area (Å²) < 4.78 is 4.89. The van der Waals surface area contributed by atoms with Gasteiger partial charge in [-0.1, -0.05) is 44.2 Å². The van der Waals surface area contributed by atoms with Crippen molar-refractivity contribution in [1.29, 1.82) is 0 Å². The van der Waals surface area contributed by atoms with E-state index in [1.54, 1.807) is 30.3 Å². The number of H-pyrrole nitrogens is 2. The summed E-state index contributed by atoms with van der Waals surface area (Å²) in [6.07, 6.45) is 6.49. The third-order valence-corrected chi connectivity index (χ3v) is 14.3. The van der Waals surface area contributed by atoms with E-state index in [1.165, 1.54) is 44.1 Å². The fraction of sp³-hybridized carbons (Fsp3) is 0.589. The van der Waals surface area contributed by atoms with Crippen LogP contribution in [0.25, 0.3) is 0 Å². The molecule has 31 nitrogen and oxygen atoms in total. The first kappa shape index (κ1) is 70.8. The number of amides is 8. The quantitative estimate of drug-likeness (QED) is 0.0113. The molecule has 0 unspecified atom stereocenters. The normalized spacial score (nSPS) is 15.6. The van der Waals surface area contributed by atoms with Gasteiger partial charge in [0.1, 0.15) is 36.3 Å². The average Bonchev–Trinajstić information content (AvgIpc) is 4.16. The van der Waals surface area contributed by atoms with Crippen LogP contribution in [0.3, 0.4) is 0 Å². The standard InChI is InChI=1S/C56H90N20O11/c1-33(2)23-40(45(77)27-47(79)75(3)30-46(78)69-42(25-35-28-63-31-67-35)50(82)71-39(54(86)87-4)16-8-9-19-57)72-51(83)43(26-36-29-64-32-68-36)73-49(81)41(24-34-13-6-5-7-14-34)74-52(84)44-18-12-22-76(44)53(85)38(17-11-21-66-56(61)62)70-48(80)37(58)15-10-20-65-55(59)60/h5-7,13-14,28-29,31-33,37-45,77H,8-12,15-27,30,57-58H2,1-4H3,(H,63,67)(H,64,68)(H,69,78)(H,70,80)(H,71,82)(H,72,83)(H,73,81)(H,74,84)(H4,59,60,65)(H4,61,62,66)/t37-,38-,39-,40-,41-,42-,43-,44-,45-/m0/s1. The molecule has 0 aliphatic carbocycles. The third kappa shape index (κ3) is 25.0. The second-order valence-corrected chi connectivity index (χ2v) is 21.9. The summed E-state index contributed by atoms with van der Waals surface area (Å²) in [7, 11) is 2.52. The minimum atomic E-state index is -1.52. The smallest absolute Gasteiger partial charge is 0.328 e. The highest BCUT2D eigenvalue weighted by Crippen LogP contribution is 2.21. The Hall–Kier alpha value is -8.71. The Balaban J connectivity index is 1.51. The van der Waals surface area contributed by atoms with E-state index in [2.05, 4.69) is 61.8 Å². The van der Waals surface area contributed by atoms with Gasteiger partial charge in [-0.15, -0.1) is 0 Å². The number of aliphatic imine (C=N–C) groups is 2. The number of nitrogens with one attached hydrogen (secondary N) is 8. The predicted molar refractivity (Wildman–Crippen MR) is 321 cm³/mol. The maximum atomic E-state index is 14.7. The van der Waals surface area contributed by atoms with Crippen molar-refractivity contribution in [3.63, 3.8) is 0 Å². The molecule has 0 spiro atoms. The highest BCUT2D eigenvalue weighted by Gasteiger charge is 2.40. The number of guanidine groups is 2. The first-order valence-electron chi connectivity index (χ1n) is 29.2. The molecule has 0 saturated carbocycles. The number of likely N-dealkylation sites (tertiary alicyclic amines) is 1. The Labute approximate surface area is 505 Å². The lowest BCUT2D eigenvalue weighted by atomic mass is 9.96. The zero-order valence-corrected chi connectivity index (χ0v) is 50.1. The van der Waals surface area contributed by atoms with Crippen LogP contribution in [0, 0.1) is 5.92 Å². The number of methoxy groups -OCH3 is 1. The summed E-state index contributed by atoms with van der Waals surface area (Å²) in [5.41, 5.74) is 35.3. The molecule has 0 bridgehead atoms. The Bertz CT molecular complexity index is 2720. The molecule has 480 valence electrons. The van der Waals surface area contributed by atoms with Crippen molar-refractivity contribution in [3.05, 3.63) is 72.3 Å². The monoisotopic (exact) mass is 1220 g/mol. The molecule has 3 heterocycles. The molecule has 1 saturated heterocycles. The molecular weight excluding hydrogens is 1130 g/mol. The molecule has 9 atom stereocenters. The van der Waals surface area contributed by atoms with Crippen LogP contribution in [0.1, 0.15) is 101 Å². The first-order chi connectivity index (χ1) is 41.5. The van der Waals surface area contributed by atoms with Gasteiger partial charge in [0.15, 0.2) is 11.9 Å². The number of hydrogen-bond donors (Lipinski definition) is 15. The van der Waals surface area contributed by atoms with E-state index in [0.717, 1.165) is 4.90 Å². The van der Waals surface area contributed by atoms with Gasteiger partial charge < -0.3 is 95.9 Å². The fourth-order valence-electron chi connectivity index (χ4n) is 9.72. The summed E-state index contributed by atoms with van der Waals surface area (Å²) >= 11 is 0. The fourth-order valence-corrected chi connectivity index (χ4v) is 9.72. The lowest BCUT2D eigenvalue weighted by Crippen LogP contribution is -2.60. The molecule has 31 heteroatoms. The van der Waals surface area contributed by atoms with Crippen molar-refractivity contribution < 1.29 is 53.0 Å². The van der Waals surface area contributed by atoms with Gasteiger partial charge in [-0.3, -0.25) is 48.3 Å². The predicted octanol–water partition coefficient (Wildman–Crippen LogP) is -3.95. The summed E-state index contributed by atoms with van der Waals surface area (Å²) in [6, 6.07) is -0.421. The van der Waals surface area contributed by atoms with Crippen molar-refractivity contribution in [2.24, 2.45) is 50.3 Å². The molecule has 1 aliphatic heterocycles. The molecule has 0 radical (unpaired) electrons. The molecule has 1 aromatic carbocycles. The molecule has 21 N–H and O–H groups in total. The largest absolute Gasteiger partial charge is 0.467 e. The number of nitrogens with two attached hydrogens (primary N) is 6. The summed E-state index contributed by atoms with van der Waals surface area (Å²) in [4.78, 5) is 149. The van der Waals surface area contributed by atoms with E-state index in [9.17, 15) is 48.3 Å². The van der Waals surface area contributed by atoms with Gasteiger partial charge in [-0.2, -0.15) is 0 Å². The zero-order chi connectivity index (χ0) is 64.0. The first-order valence-corrected chi connectivity index (χ1v) is 29.2. The van der Waals surface area contributed by atoms with Crippen molar-refractivity contribution >= 4 is 65.1 Å². The Morgan fingerprint density at radius 2 is 1.28 bits per heavy atom. The average molecular weight is 1220 g/mol. The number of likely N-dealkylation sites (N-methyl/N-ethyl adjacent to an activating group) is 1. The minimum Gasteiger partial charge on any atom is -0.467 e. The number of aliphatic hydroxyl groups excluding tert-OH is 1. The summed E-state index contributed by atoms with van der Waals surface area (Å²) in [5.74, 6) is -6.58. The zero-order valence-electron chi connectivity index (χ0n) is 50.1. The number of rotatable bonds is 38. The van der Waals surface area contributed by atoms with E-state index in [0.29, 0.717) is 49.2 Å². The SMILES string of the molecule is COC(=O)[C@H](CCCCN)NC(=O)[C@H](Cc1cnc[nH]1)NC(=O)CN(C)C(=O)C[C@H](O)[C@H](CC(C)C)NC(=O)[C@H](Cc1cnc[nH]1)NC(=O)[C@H](Cc1ccccc1)NC(=O)[C@@H]1CCCN1C(=O)[C@H](CCCN=C(N)N)NC(=O)[C@@H](N)CCCN=C(N)N. The topological polar surface area (TPSA) is 500 Å². The Kier molecular flexibility index (Phi) is 30.1. The number of aromatic nitrogens is 4. The van der Waals surface area contributed by atoms with E-state index >= 15 is 0 Å². The number of aromatic amines is 2. The van der Waals surface area contributed by atoms with Crippen LogP contribution in [0.15, 0.2) is 65.4 Å². The van der Waals surface area contributed by atoms with Gasteiger partial charge in [-0.25, -0.2) is 14.8 Å². The van der Waals surface area contributed by atoms with E-state index < -0.39 is 121 Å². The molecular formula is C56H90N20O11. The van der Waals surface area contributed by atoms with Crippen molar-refractivity contribution in [3.8, 4) is 0 Å². The van der Waals surface area contributed by atoms with E-state index in [1.807, 2.05) is 13.8 Å². The second kappa shape index (κ2) is 37.0. The van der Waals surface area contributed by atoms with Crippen molar-refractivity contribution in [1.82, 2.24) is 61.6 Å². The number of aliphatic hydroxyl groups is 1. The highest BCUT2D eigenvalue weighted by atomic mass is 16.5. The van der Waals surface area contributed by atoms with Crippen LogP contribution in [0.2, 0.25) is 0 Å². The maximum Gasteiger partial charge on any atom is 0.328 e. The van der Waals surface area contributed by atoms with Gasteiger partial charge >= 0.3 is 5.97 Å². The second-order valence-electron chi connectivity index (χ2n) is 21.9. The maximum absolute atomic E-state index is 14.7. The van der Waals surface area contributed by atoms with Crippen LogP contribution in [-0.4, -0.2) is 201 Å². The molecule has 1 aliphatic rings. The number of ether oxygens (including phenoxy) is 1. The van der Waals surface area contributed by atoms with Gasteiger partial charge in [0.25, 0.3) is 0 Å². The number of hydrogen-bond acceptors (Lipinski definition) is 17. The lowest BCUT2D eigenvalue weighted by molar-refractivity contribution is -0.145. The minimum absolute atomic E-state index is 0.0477. The molecule has 87 heavy (non-hydrogen) atoms. The third-order valence-electron chi connectivity index (χ3n) is 14.3. The van der Waals surface area contributed by atoms with Crippen molar-refractivity contribution in [2.75, 3.05) is 46.9 Å². The van der Waals surface area contributed by atoms with Crippen LogP contribution >= 0.6 is 0 Å². The van der Waals surface area contributed by atoms with Gasteiger partial charge in [0.2, 0.25) is 47.3 Å². The van der Waals surface area contributed by atoms with Crippen LogP contribution in [0.5, 0.6) is 0 Å². The number of carbonyl (C=O) groups is 9. The van der Waals surface area contributed by atoms with Gasteiger partial charge in [-0.05, 0) is 82.2 Å². The van der Waals surface area contributed by atoms with Crippen molar-refractivity contribution in [2.45, 2.75) is 158 Å². The number of unbranched alkanes of at least 4 members (excludes halogenated alkanes) is 1. The number of imidazole rings is 2. The number of esters is 1. The van der Waals surface area contributed by atoms with Crippen LogP contribution in [-0.2, 0) is 67.2 Å². The van der Waals surface area contributed by atoms with Crippen LogP contribution in [0.4, 0.5) is 0 Å². The number of carbonyl (C=O) groups excluding carboxylic acids is 9. The Morgan fingerprint density at radius 3 is 1.84 bits per heavy atom. The number of benzene rings is 1. The lowest BCUT2D eigenvalue weighted by Gasteiger charge is -2.31. The van der Waals surface area contributed by atoms with Crippen LogP contribution < -0.4 is 66.3 Å². The molecule has 2 aromatic heterocycles. The number of nitrogens with zero attached hydrogens (tertiary/aromatic N) is 6. The van der Waals surface area contributed by atoms with E-state index in [-0.39, 0.29) is 95.3 Å². The summed E-state index contributed by atoms with van der Waals surface area (Å²) in [5, 5.41) is 28.2. The van der Waals surface area contributed by atoms with E-state index in [4.69, 9.17) is 39.1 Å². The Morgan fingerprint density at radius 1 is 0.724 bits per heavy atom. The summed E-state index contributed by atoms with van der Waals surface area (Å²) in [6.45, 7) is 4.04. The van der Waals surface area contributed by atoms with Gasteiger partial charge in [0.05, 0.1) is 50.9 Å².